The fourth-order valence-electron chi connectivity index (χ4n) is 3.90. The quantitative estimate of drug-likeness (QED) is 0.686. The van der Waals surface area contributed by atoms with Crippen LogP contribution in [0.25, 0.3) is 10.9 Å². The fourth-order valence-corrected chi connectivity index (χ4v) is 3.90. The number of nitrogens with zero attached hydrogens (tertiary/aromatic N) is 5. The number of likely N-dealkylation sites (tertiary alicyclic amines) is 1. The molecule has 1 aliphatic rings. The van der Waals surface area contributed by atoms with Crippen molar-refractivity contribution in [1.82, 2.24) is 24.3 Å². The summed E-state index contributed by atoms with van der Waals surface area (Å²) in [7, 11) is 4.16. The standard InChI is InChI=1S/C22H27N5O/c1-25(2)14-15-26-13-11-23-21(26)18-7-5-12-27(16-18)22(28)20-10-9-17-6-3-4-8-19(17)24-20/h3-4,6,8-11,13,18H,5,7,12,14-16H2,1-2H3/t18-/m0/s1. The third-order valence-electron chi connectivity index (χ3n) is 5.43. The molecule has 0 radical (unpaired) electrons. The van der Waals surface area contributed by atoms with E-state index >= 15 is 0 Å². The summed E-state index contributed by atoms with van der Waals surface area (Å²) in [5.74, 6) is 1.38. The molecular weight excluding hydrogens is 350 g/mol. The van der Waals surface area contributed by atoms with Crippen LogP contribution in [0.5, 0.6) is 0 Å². The second-order valence-corrected chi connectivity index (χ2v) is 7.76. The minimum Gasteiger partial charge on any atom is -0.337 e. The van der Waals surface area contributed by atoms with E-state index < -0.39 is 0 Å². The molecule has 1 atom stereocenters. The summed E-state index contributed by atoms with van der Waals surface area (Å²) in [6.07, 6.45) is 5.97. The molecule has 6 heteroatoms. The highest BCUT2D eigenvalue weighted by molar-refractivity contribution is 5.95. The van der Waals surface area contributed by atoms with Gasteiger partial charge in [-0.2, -0.15) is 0 Å². The topological polar surface area (TPSA) is 54.3 Å². The monoisotopic (exact) mass is 377 g/mol. The highest BCUT2D eigenvalue weighted by atomic mass is 16.2. The number of benzene rings is 1. The number of rotatable bonds is 5. The largest absolute Gasteiger partial charge is 0.337 e. The van der Waals surface area contributed by atoms with Gasteiger partial charge >= 0.3 is 0 Å². The lowest BCUT2D eigenvalue weighted by Gasteiger charge is -2.32. The Bertz CT molecular complexity index is 964. The summed E-state index contributed by atoms with van der Waals surface area (Å²) in [4.78, 5) is 26.4. The number of para-hydroxylation sites is 1. The van der Waals surface area contributed by atoms with E-state index in [-0.39, 0.29) is 11.8 Å². The van der Waals surface area contributed by atoms with Crippen molar-refractivity contribution in [3.05, 3.63) is 60.3 Å². The Balaban J connectivity index is 1.50. The van der Waals surface area contributed by atoms with Crippen molar-refractivity contribution in [3.63, 3.8) is 0 Å². The molecule has 0 N–H and O–H groups in total. The predicted molar refractivity (Wildman–Crippen MR) is 110 cm³/mol. The molecule has 4 rings (SSSR count). The average Bonchev–Trinajstić information content (AvgIpc) is 3.20. The van der Waals surface area contributed by atoms with Gasteiger partial charge < -0.3 is 14.4 Å². The number of fused-ring (bicyclic) bond motifs is 1. The Labute approximate surface area is 165 Å². The van der Waals surface area contributed by atoms with Crippen molar-refractivity contribution in [3.8, 4) is 0 Å². The van der Waals surface area contributed by atoms with E-state index in [2.05, 4.69) is 33.5 Å². The first-order valence-corrected chi connectivity index (χ1v) is 9.92. The first-order valence-electron chi connectivity index (χ1n) is 9.92. The lowest BCUT2D eigenvalue weighted by atomic mass is 9.96. The molecule has 1 amide bonds. The molecule has 146 valence electrons. The molecule has 0 unspecified atom stereocenters. The van der Waals surface area contributed by atoms with Gasteiger partial charge in [0.1, 0.15) is 11.5 Å². The number of pyridine rings is 1. The van der Waals surface area contributed by atoms with Crippen LogP contribution < -0.4 is 0 Å². The van der Waals surface area contributed by atoms with Crippen LogP contribution in [0.15, 0.2) is 48.8 Å². The average molecular weight is 377 g/mol. The van der Waals surface area contributed by atoms with Gasteiger partial charge in [0.25, 0.3) is 5.91 Å². The number of hydrogen-bond acceptors (Lipinski definition) is 4. The molecule has 1 fully saturated rings. The van der Waals surface area contributed by atoms with Crippen LogP contribution in [0, 0.1) is 0 Å². The zero-order valence-electron chi connectivity index (χ0n) is 16.6. The zero-order chi connectivity index (χ0) is 19.5. The number of hydrogen-bond donors (Lipinski definition) is 0. The van der Waals surface area contributed by atoms with Crippen molar-refractivity contribution in [1.29, 1.82) is 0 Å². The maximum absolute atomic E-state index is 13.1. The molecule has 0 saturated carbocycles. The van der Waals surface area contributed by atoms with Gasteiger partial charge in [0.15, 0.2) is 0 Å². The van der Waals surface area contributed by atoms with Crippen LogP contribution >= 0.6 is 0 Å². The first-order chi connectivity index (χ1) is 13.6. The van der Waals surface area contributed by atoms with Gasteiger partial charge in [-0.15, -0.1) is 0 Å². The van der Waals surface area contributed by atoms with Gasteiger partial charge in [0.05, 0.1) is 5.52 Å². The van der Waals surface area contributed by atoms with E-state index in [9.17, 15) is 4.79 Å². The van der Waals surface area contributed by atoms with Crippen molar-refractivity contribution in [2.75, 3.05) is 33.7 Å². The number of imidazole rings is 1. The van der Waals surface area contributed by atoms with Crippen molar-refractivity contribution in [2.45, 2.75) is 25.3 Å². The van der Waals surface area contributed by atoms with E-state index in [1.165, 1.54) is 0 Å². The van der Waals surface area contributed by atoms with Gasteiger partial charge in [-0.05, 0) is 39.1 Å². The molecule has 6 nitrogen and oxygen atoms in total. The van der Waals surface area contributed by atoms with Crippen LogP contribution in [0.1, 0.15) is 35.1 Å². The number of amides is 1. The molecule has 0 aliphatic carbocycles. The van der Waals surface area contributed by atoms with E-state index in [1.54, 1.807) is 0 Å². The summed E-state index contributed by atoms with van der Waals surface area (Å²) in [5, 5.41) is 1.05. The molecule has 0 bridgehead atoms. The number of aromatic nitrogens is 3. The maximum Gasteiger partial charge on any atom is 0.272 e. The minimum atomic E-state index is 0.0156. The minimum absolute atomic E-state index is 0.0156. The van der Waals surface area contributed by atoms with Gasteiger partial charge in [-0.3, -0.25) is 4.79 Å². The van der Waals surface area contributed by atoms with Gasteiger partial charge in [-0.1, -0.05) is 24.3 Å². The van der Waals surface area contributed by atoms with E-state index in [0.717, 1.165) is 49.2 Å². The van der Waals surface area contributed by atoms with Crippen LogP contribution in [0.2, 0.25) is 0 Å². The molecule has 0 spiro atoms. The molecule has 2 aromatic heterocycles. The second kappa shape index (κ2) is 8.10. The lowest BCUT2D eigenvalue weighted by Crippen LogP contribution is -2.40. The summed E-state index contributed by atoms with van der Waals surface area (Å²) >= 11 is 0. The van der Waals surface area contributed by atoms with Crippen LogP contribution in [-0.2, 0) is 6.54 Å². The van der Waals surface area contributed by atoms with Crippen LogP contribution in [0.4, 0.5) is 0 Å². The summed E-state index contributed by atoms with van der Waals surface area (Å²) in [6, 6.07) is 11.7. The normalized spacial score (nSPS) is 17.4. The third kappa shape index (κ3) is 3.92. The van der Waals surface area contributed by atoms with Gasteiger partial charge in [0, 0.05) is 49.9 Å². The van der Waals surface area contributed by atoms with Crippen LogP contribution in [0.3, 0.4) is 0 Å². The highest BCUT2D eigenvalue weighted by Gasteiger charge is 2.28. The van der Waals surface area contributed by atoms with Crippen molar-refractivity contribution in [2.24, 2.45) is 0 Å². The molecule has 1 aromatic carbocycles. The Morgan fingerprint density at radius 3 is 2.93 bits per heavy atom. The molecule has 3 aromatic rings. The van der Waals surface area contributed by atoms with E-state index in [1.807, 2.05) is 53.7 Å². The lowest BCUT2D eigenvalue weighted by molar-refractivity contribution is 0.0697. The highest BCUT2D eigenvalue weighted by Crippen LogP contribution is 2.27. The zero-order valence-corrected chi connectivity index (χ0v) is 16.6. The molecule has 28 heavy (non-hydrogen) atoms. The number of carbonyl (C=O) groups excluding carboxylic acids is 1. The van der Waals surface area contributed by atoms with Gasteiger partial charge in [0.2, 0.25) is 0 Å². The second-order valence-electron chi connectivity index (χ2n) is 7.76. The van der Waals surface area contributed by atoms with E-state index in [4.69, 9.17) is 0 Å². The Kier molecular flexibility index (Phi) is 5.39. The maximum atomic E-state index is 13.1. The fraction of sp³-hybridized carbons (Fsp3) is 0.409. The van der Waals surface area contributed by atoms with Crippen LogP contribution in [-0.4, -0.2) is 64.0 Å². The third-order valence-corrected chi connectivity index (χ3v) is 5.43. The molecule has 1 saturated heterocycles. The number of piperidine rings is 1. The van der Waals surface area contributed by atoms with Crippen molar-refractivity contribution >= 4 is 16.8 Å². The Morgan fingerprint density at radius 2 is 2.07 bits per heavy atom. The SMILES string of the molecule is CN(C)CCn1ccnc1[C@H]1CCCN(C(=O)c2ccc3ccccc3n2)C1. The molecule has 1 aliphatic heterocycles. The van der Waals surface area contributed by atoms with Gasteiger partial charge in [-0.25, -0.2) is 9.97 Å². The summed E-state index contributed by atoms with van der Waals surface area (Å²) in [6.45, 7) is 3.37. The predicted octanol–water partition coefficient (Wildman–Crippen LogP) is 3.01. The van der Waals surface area contributed by atoms with Crippen molar-refractivity contribution < 1.29 is 4.79 Å². The summed E-state index contributed by atoms with van der Waals surface area (Å²) < 4.78 is 2.23. The summed E-state index contributed by atoms with van der Waals surface area (Å²) in [5.41, 5.74) is 1.39. The molecular formula is C22H27N5O. The smallest absolute Gasteiger partial charge is 0.272 e. The number of carbonyl (C=O) groups is 1. The number of likely N-dealkylation sites (N-methyl/N-ethyl adjacent to an activating group) is 1. The van der Waals surface area contributed by atoms with E-state index in [0.29, 0.717) is 12.2 Å². The molecule has 3 heterocycles. The first kappa shape index (κ1) is 18.6. The Hall–Kier alpha value is -2.73. The Morgan fingerprint density at radius 1 is 1.21 bits per heavy atom.